The summed E-state index contributed by atoms with van der Waals surface area (Å²) >= 11 is 0. The van der Waals surface area contributed by atoms with Gasteiger partial charge in [0.15, 0.2) is 0 Å². The van der Waals surface area contributed by atoms with E-state index in [1.807, 2.05) is 43.3 Å². The molecule has 1 N–H and O–H groups in total. The molecule has 0 aliphatic carbocycles. The SMILES string of the molecule is COC(=O)/C=C/c1cccc(C(O)(CCN2CCCC2)c2ccc(C)cc2)n1. The summed E-state index contributed by atoms with van der Waals surface area (Å²) in [5.41, 5.74) is 1.98. The van der Waals surface area contributed by atoms with E-state index in [0.29, 0.717) is 17.8 Å². The summed E-state index contributed by atoms with van der Waals surface area (Å²) in [5.74, 6) is -0.435. The van der Waals surface area contributed by atoms with Gasteiger partial charge >= 0.3 is 5.97 Å². The Hall–Kier alpha value is -2.50. The number of methoxy groups -OCH3 is 1. The lowest BCUT2D eigenvalue weighted by molar-refractivity contribution is -0.134. The van der Waals surface area contributed by atoms with Crippen LogP contribution in [-0.2, 0) is 15.1 Å². The van der Waals surface area contributed by atoms with Crippen LogP contribution in [0, 0.1) is 6.92 Å². The summed E-state index contributed by atoms with van der Waals surface area (Å²) in [6.07, 6.45) is 5.93. The second-order valence-corrected chi connectivity index (χ2v) is 7.33. The van der Waals surface area contributed by atoms with Gasteiger partial charge in [0.2, 0.25) is 0 Å². The number of benzene rings is 1. The second-order valence-electron chi connectivity index (χ2n) is 7.33. The van der Waals surface area contributed by atoms with Crippen LogP contribution in [-0.4, -0.2) is 47.7 Å². The van der Waals surface area contributed by atoms with E-state index in [2.05, 4.69) is 14.6 Å². The van der Waals surface area contributed by atoms with Gasteiger partial charge in [-0.05, 0) is 63.0 Å². The maximum Gasteiger partial charge on any atom is 0.330 e. The highest BCUT2D eigenvalue weighted by atomic mass is 16.5. The van der Waals surface area contributed by atoms with Crippen molar-refractivity contribution >= 4 is 12.0 Å². The number of rotatable bonds is 7. The van der Waals surface area contributed by atoms with Crippen LogP contribution in [0.25, 0.3) is 6.08 Å². The molecule has 1 aliphatic heterocycles. The van der Waals surface area contributed by atoms with Crippen LogP contribution in [0.4, 0.5) is 0 Å². The fourth-order valence-electron chi connectivity index (χ4n) is 3.57. The molecule has 1 fully saturated rings. The number of aryl methyl sites for hydroxylation is 1. The van der Waals surface area contributed by atoms with Crippen molar-refractivity contribution < 1.29 is 14.6 Å². The lowest BCUT2D eigenvalue weighted by Crippen LogP contribution is -2.34. The molecule has 0 spiro atoms. The van der Waals surface area contributed by atoms with Crippen LogP contribution >= 0.6 is 0 Å². The first-order chi connectivity index (χ1) is 13.5. The molecule has 0 saturated carbocycles. The molecule has 1 aromatic carbocycles. The average Bonchev–Trinajstić information content (AvgIpc) is 3.24. The first-order valence-electron chi connectivity index (χ1n) is 9.77. The minimum atomic E-state index is -1.19. The van der Waals surface area contributed by atoms with Crippen LogP contribution in [0.15, 0.2) is 48.5 Å². The van der Waals surface area contributed by atoms with Gasteiger partial charge in [0.1, 0.15) is 5.60 Å². The molecular weight excluding hydrogens is 352 g/mol. The first kappa shape index (κ1) is 20.2. The van der Waals surface area contributed by atoms with Gasteiger partial charge < -0.3 is 14.7 Å². The summed E-state index contributed by atoms with van der Waals surface area (Å²) in [4.78, 5) is 18.4. The maximum atomic E-state index is 11.7. The molecule has 5 nitrogen and oxygen atoms in total. The molecule has 1 unspecified atom stereocenters. The molecular formula is C23H28N2O3. The number of carbonyl (C=O) groups excluding carboxylic acids is 1. The monoisotopic (exact) mass is 380 g/mol. The van der Waals surface area contributed by atoms with Crippen molar-refractivity contribution in [3.8, 4) is 0 Å². The summed E-state index contributed by atoms with van der Waals surface area (Å²) in [6.45, 7) is 5.01. The van der Waals surface area contributed by atoms with E-state index in [1.54, 1.807) is 12.1 Å². The highest BCUT2D eigenvalue weighted by Crippen LogP contribution is 2.33. The highest BCUT2D eigenvalue weighted by molar-refractivity contribution is 5.86. The van der Waals surface area contributed by atoms with Crippen molar-refractivity contribution in [3.05, 3.63) is 71.1 Å². The average molecular weight is 380 g/mol. The van der Waals surface area contributed by atoms with E-state index >= 15 is 0 Å². The third-order valence-corrected chi connectivity index (χ3v) is 5.30. The molecule has 5 heteroatoms. The van der Waals surface area contributed by atoms with Gasteiger partial charge in [0.05, 0.1) is 18.5 Å². The molecule has 148 valence electrons. The Balaban J connectivity index is 1.92. The Kier molecular flexibility index (Phi) is 6.60. The largest absolute Gasteiger partial charge is 0.466 e. The Morgan fingerprint density at radius 3 is 2.61 bits per heavy atom. The van der Waals surface area contributed by atoms with Crippen molar-refractivity contribution in [2.24, 2.45) is 0 Å². The molecule has 0 amide bonds. The van der Waals surface area contributed by atoms with Gasteiger partial charge in [-0.2, -0.15) is 0 Å². The molecule has 2 heterocycles. The van der Waals surface area contributed by atoms with Gasteiger partial charge in [-0.3, -0.25) is 4.98 Å². The lowest BCUT2D eigenvalue weighted by Gasteiger charge is -2.30. The fraction of sp³-hybridized carbons (Fsp3) is 0.391. The standard InChI is InChI=1S/C23H28N2O3/c1-18-8-10-19(11-9-18)23(27,14-17-25-15-3-4-16-25)21-7-5-6-20(24-21)12-13-22(26)28-2/h5-13,27H,3-4,14-17H2,1-2H3/b13-12+. The molecule has 1 aliphatic rings. The number of likely N-dealkylation sites (tertiary alicyclic amines) is 1. The Morgan fingerprint density at radius 2 is 1.93 bits per heavy atom. The van der Waals surface area contributed by atoms with Crippen molar-refractivity contribution in [1.29, 1.82) is 0 Å². The zero-order valence-corrected chi connectivity index (χ0v) is 16.6. The number of carbonyl (C=O) groups is 1. The van der Waals surface area contributed by atoms with E-state index in [0.717, 1.165) is 30.8 Å². The lowest BCUT2D eigenvalue weighted by atomic mass is 9.86. The number of nitrogens with zero attached hydrogens (tertiary/aromatic N) is 2. The number of hydrogen-bond donors (Lipinski definition) is 1. The second kappa shape index (κ2) is 9.13. The van der Waals surface area contributed by atoms with E-state index < -0.39 is 11.6 Å². The summed E-state index contributed by atoms with van der Waals surface area (Å²) in [5, 5.41) is 11.7. The van der Waals surface area contributed by atoms with Gasteiger partial charge in [-0.1, -0.05) is 35.9 Å². The minimum absolute atomic E-state index is 0.435. The summed E-state index contributed by atoms with van der Waals surface area (Å²) in [7, 11) is 1.34. The summed E-state index contributed by atoms with van der Waals surface area (Å²) in [6, 6.07) is 13.5. The van der Waals surface area contributed by atoms with Crippen LogP contribution in [0.5, 0.6) is 0 Å². The zero-order chi connectivity index (χ0) is 20.0. The Morgan fingerprint density at radius 1 is 1.21 bits per heavy atom. The minimum Gasteiger partial charge on any atom is -0.466 e. The third kappa shape index (κ3) is 4.86. The number of aromatic nitrogens is 1. The maximum absolute atomic E-state index is 11.7. The molecule has 1 atom stereocenters. The van der Waals surface area contributed by atoms with E-state index in [-0.39, 0.29) is 0 Å². The van der Waals surface area contributed by atoms with Crippen LogP contribution < -0.4 is 0 Å². The normalized spacial score (nSPS) is 17.0. The predicted molar refractivity (Wildman–Crippen MR) is 110 cm³/mol. The number of aliphatic hydroxyl groups is 1. The number of esters is 1. The molecule has 1 saturated heterocycles. The molecule has 28 heavy (non-hydrogen) atoms. The first-order valence-corrected chi connectivity index (χ1v) is 9.77. The highest BCUT2D eigenvalue weighted by Gasteiger charge is 2.33. The third-order valence-electron chi connectivity index (χ3n) is 5.30. The van der Waals surface area contributed by atoms with Crippen molar-refractivity contribution in [2.75, 3.05) is 26.7 Å². The quantitative estimate of drug-likeness (QED) is 0.590. The topological polar surface area (TPSA) is 62.7 Å². The van der Waals surface area contributed by atoms with E-state index in [9.17, 15) is 9.90 Å². The summed E-state index contributed by atoms with van der Waals surface area (Å²) < 4.78 is 4.64. The van der Waals surface area contributed by atoms with Crippen molar-refractivity contribution in [2.45, 2.75) is 31.8 Å². The van der Waals surface area contributed by atoms with Gasteiger partial charge in [-0.25, -0.2) is 4.79 Å². The van der Waals surface area contributed by atoms with Gasteiger partial charge in [0.25, 0.3) is 0 Å². The smallest absolute Gasteiger partial charge is 0.330 e. The molecule has 0 radical (unpaired) electrons. The molecule has 1 aromatic heterocycles. The fourth-order valence-corrected chi connectivity index (χ4v) is 3.57. The molecule has 3 rings (SSSR count). The van der Waals surface area contributed by atoms with E-state index in [4.69, 9.17) is 0 Å². The number of pyridine rings is 1. The predicted octanol–water partition coefficient (Wildman–Crippen LogP) is 3.30. The van der Waals surface area contributed by atoms with Crippen LogP contribution in [0.1, 0.15) is 41.8 Å². The Bertz CT molecular complexity index is 826. The van der Waals surface area contributed by atoms with Crippen molar-refractivity contribution in [1.82, 2.24) is 9.88 Å². The number of ether oxygens (including phenoxy) is 1. The van der Waals surface area contributed by atoms with Crippen LogP contribution in [0.2, 0.25) is 0 Å². The van der Waals surface area contributed by atoms with Crippen LogP contribution in [0.3, 0.4) is 0 Å². The zero-order valence-electron chi connectivity index (χ0n) is 16.6. The van der Waals surface area contributed by atoms with Gasteiger partial charge in [0, 0.05) is 12.6 Å². The number of hydrogen-bond acceptors (Lipinski definition) is 5. The van der Waals surface area contributed by atoms with E-state index in [1.165, 1.54) is 26.0 Å². The Labute approximate surface area is 166 Å². The van der Waals surface area contributed by atoms with Crippen molar-refractivity contribution in [3.63, 3.8) is 0 Å². The van der Waals surface area contributed by atoms with Gasteiger partial charge in [-0.15, -0.1) is 0 Å². The molecule has 2 aromatic rings. The molecule has 0 bridgehead atoms.